The summed E-state index contributed by atoms with van der Waals surface area (Å²) in [7, 11) is 0. The Morgan fingerprint density at radius 2 is 2.11 bits per heavy atom. The number of ether oxygens (including phenoxy) is 1. The van der Waals surface area contributed by atoms with Crippen molar-refractivity contribution in [3.63, 3.8) is 0 Å². The number of amides is 1. The Bertz CT molecular complexity index is 848. The maximum atomic E-state index is 12.7. The van der Waals surface area contributed by atoms with Gasteiger partial charge >= 0.3 is 5.91 Å². The Labute approximate surface area is 166 Å². The molecule has 1 aromatic carbocycles. The number of hydrogen-bond donors (Lipinski definition) is 2. The second kappa shape index (κ2) is 8.89. The zero-order valence-electron chi connectivity index (χ0n) is 16.6. The van der Waals surface area contributed by atoms with Gasteiger partial charge in [0.1, 0.15) is 11.6 Å². The maximum absolute atomic E-state index is 12.7. The highest BCUT2D eigenvalue weighted by molar-refractivity contribution is 6.16. The topological polar surface area (TPSA) is 80.0 Å². The Morgan fingerprint density at radius 1 is 1.36 bits per heavy atom. The summed E-state index contributed by atoms with van der Waals surface area (Å²) in [5, 5.41) is 4.37. The van der Waals surface area contributed by atoms with Crippen molar-refractivity contribution in [2.24, 2.45) is 10.8 Å². The van der Waals surface area contributed by atoms with E-state index in [4.69, 9.17) is 10.6 Å². The van der Waals surface area contributed by atoms with Crippen LogP contribution in [-0.2, 0) is 4.79 Å². The highest BCUT2D eigenvalue weighted by Gasteiger charge is 2.30. The van der Waals surface area contributed by atoms with Crippen LogP contribution in [0.3, 0.4) is 0 Å². The number of aliphatic imine (C=N–C) groups is 1. The number of carbonyl (C=O) groups excluding carboxylic acids is 1. The van der Waals surface area contributed by atoms with Crippen LogP contribution in [0.4, 0.5) is 0 Å². The standard InChI is InChI=1S/C22H28N4O2/c1-4-17-14-20(28-19-12-8-9-15(2)13-19)22(27)26(23)21(17)25-16(3)24-18-10-6-5-7-11-18/h4,8-9,12-14,18,24H,3,5-7,10-11,23H2,1-2H3/b17-4-,25-21+. The monoisotopic (exact) mass is 380 g/mol. The van der Waals surface area contributed by atoms with Gasteiger partial charge in [0.05, 0.1) is 0 Å². The second-order valence-electron chi connectivity index (χ2n) is 7.21. The minimum absolute atomic E-state index is 0.158. The molecule has 3 rings (SSSR count). The van der Waals surface area contributed by atoms with Gasteiger partial charge in [-0.3, -0.25) is 4.79 Å². The lowest BCUT2D eigenvalue weighted by atomic mass is 9.96. The number of carbonyl (C=O) groups is 1. The number of amidine groups is 1. The third-order valence-corrected chi connectivity index (χ3v) is 4.95. The molecule has 0 bridgehead atoms. The van der Waals surface area contributed by atoms with E-state index < -0.39 is 5.91 Å². The molecule has 3 N–H and O–H groups in total. The normalized spacial score (nSPS) is 21.0. The molecule has 0 unspecified atom stereocenters. The predicted molar refractivity (Wildman–Crippen MR) is 111 cm³/mol. The van der Waals surface area contributed by atoms with Gasteiger partial charge in [-0.05, 0) is 50.5 Å². The number of nitrogens with one attached hydrogen (secondary N) is 1. The van der Waals surface area contributed by atoms with Crippen LogP contribution in [0.15, 0.2) is 65.1 Å². The lowest BCUT2D eigenvalue weighted by Crippen LogP contribution is -2.47. The van der Waals surface area contributed by atoms with Crippen LogP contribution in [0, 0.1) is 6.92 Å². The molecule has 2 aliphatic rings. The summed E-state index contributed by atoms with van der Waals surface area (Å²) in [6.45, 7) is 7.83. The van der Waals surface area contributed by atoms with Crippen LogP contribution in [0.1, 0.15) is 44.6 Å². The Morgan fingerprint density at radius 3 is 2.79 bits per heavy atom. The van der Waals surface area contributed by atoms with Crippen molar-refractivity contribution in [3.05, 3.63) is 65.7 Å². The van der Waals surface area contributed by atoms with Crippen LogP contribution in [0.25, 0.3) is 0 Å². The van der Waals surface area contributed by atoms with Crippen LogP contribution < -0.4 is 15.9 Å². The summed E-state index contributed by atoms with van der Waals surface area (Å²) in [5.74, 6) is 7.24. The summed E-state index contributed by atoms with van der Waals surface area (Å²) in [6.07, 6.45) is 9.44. The van der Waals surface area contributed by atoms with Gasteiger partial charge in [-0.25, -0.2) is 15.8 Å². The fourth-order valence-corrected chi connectivity index (χ4v) is 3.47. The maximum Gasteiger partial charge on any atom is 0.309 e. The molecule has 1 heterocycles. The van der Waals surface area contributed by atoms with Gasteiger partial charge in [0.2, 0.25) is 0 Å². The summed E-state index contributed by atoms with van der Waals surface area (Å²) in [6, 6.07) is 7.89. The number of nitrogens with zero attached hydrogens (tertiary/aromatic N) is 2. The van der Waals surface area contributed by atoms with Crippen LogP contribution >= 0.6 is 0 Å². The number of rotatable bonds is 5. The largest absolute Gasteiger partial charge is 0.451 e. The molecule has 0 saturated heterocycles. The molecule has 148 valence electrons. The molecule has 0 aromatic heterocycles. The van der Waals surface area contributed by atoms with Gasteiger partial charge < -0.3 is 10.1 Å². The zero-order valence-corrected chi connectivity index (χ0v) is 16.6. The van der Waals surface area contributed by atoms with Gasteiger partial charge in [0, 0.05) is 11.6 Å². The first-order valence-electron chi connectivity index (χ1n) is 9.74. The quantitative estimate of drug-likeness (QED) is 0.603. The van der Waals surface area contributed by atoms with E-state index in [1.54, 1.807) is 12.1 Å². The SMILES string of the molecule is C=C(/N=C1\C(=C/C)C=C(Oc2cccc(C)c2)C(=O)N1N)NC1CCCCC1. The average Bonchev–Trinajstić information content (AvgIpc) is 2.68. The Kier molecular flexibility index (Phi) is 6.31. The van der Waals surface area contributed by atoms with E-state index in [2.05, 4.69) is 16.9 Å². The molecular formula is C22H28N4O2. The van der Waals surface area contributed by atoms with Crippen molar-refractivity contribution < 1.29 is 9.53 Å². The smallest absolute Gasteiger partial charge is 0.309 e. The number of hydrogen-bond acceptors (Lipinski definition) is 5. The van der Waals surface area contributed by atoms with Gasteiger partial charge in [0.25, 0.3) is 0 Å². The highest BCUT2D eigenvalue weighted by atomic mass is 16.5. The van der Waals surface area contributed by atoms with E-state index in [1.165, 1.54) is 19.3 Å². The zero-order chi connectivity index (χ0) is 20.1. The van der Waals surface area contributed by atoms with Gasteiger partial charge in [-0.2, -0.15) is 0 Å². The minimum Gasteiger partial charge on any atom is -0.451 e. The fraction of sp³-hybridized carbons (Fsp3) is 0.364. The molecule has 1 saturated carbocycles. The first-order valence-corrected chi connectivity index (χ1v) is 9.74. The van der Waals surface area contributed by atoms with Crippen LogP contribution in [0.2, 0.25) is 0 Å². The van der Waals surface area contributed by atoms with E-state index in [-0.39, 0.29) is 5.76 Å². The van der Waals surface area contributed by atoms with Gasteiger partial charge in [-0.15, -0.1) is 0 Å². The lowest BCUT2D eigenvalue weighted by Gasteiger charge is -2.27. The summed E-state index contributed by atoms with van der Waals surface area (Å²) < 4.78 is 5.78. The van der Waals surface area contributed by atoms with Crippen molar-refractivity contribution >= 4 is 11.7 Å². The third kappa shape index (κ3) is 4.70. The van der Waals surface area contributed by atoms with E-state index in [0.29, 0.717) is 29.0 Å². The first kappa shape index (κ1) is 19.9. The van der Waals surface area contributed by atoms with E-state index in [0.717, 1.165) is 23.4 Å². The summed E-state index contributed by atoms with van der Waals surface area (Å²) in [4.78, 5) is 17.2. The molecule has 6 heteroatoms. The van der Waals surface area contributed by atoms with E-state index in [1.807, 2.05) is 38.1 Å². The number of allylic oxidation sites excluding steroid dienone is 1. The van der Waals surface area contributed by atoms with E-state index in [9.17, 15) is 4.79 Å². The predicted octanol–water partition coefficient (Wildman–Crippen LogP) is 3.71. The van der Waals surface area contributed by atoms with Crippen LogP contribution in [-0.4, -0.2) is 22.8 Å². The van der Waals surface area contributed by atoms with Crippen molar-refractivity contribution in [1.29, 1.82) is 0 Å². The van der Waals surface area contributed by atoms with E-state index >= 15 is 0 Å². The van der Waals surface area contributed by atoms with Gasteiger partial charge in [-0.1, -0.05) is 44.1 Å². The summed E-state index contributed by atoms with van der Waals surface area (Å²) >= 11 is 0. The van der Waals surface area contributed by atoms with Gasteiger partial charge in [0.15, 0.2) is 11.6 Å². The Hall–Kier alpha value is -2.86. The molecule has 0 spiro atoms. The molecule has 28 heavy (non-hydrogen) atoms. The molecule has 1 aromatic rings. The van der Waals surface area contributed by atoms with Crippen molar-refractivity contribution in [3.8, 4) is 5.75 Å². The number of hydrazine groups is 1. The third-order valence-electron chi connectivity index (χ3n) is 4.95. The molecular weight excluding hydrogens is 352 g/mol. The van der Waals surface area contributed by atoms with Crippen molar-refractivity contribution in [2.45, 2.75) is 52.0 Å². The molecule has 1 amide bonds. The minimum atomic E-state index is -0.448. The molecule has 6 nitrogen and oxygen atoms in total. The molecule has 1 fully saturated rings. The number of aryl methyl sites for hydroxylation is 1. The molecule has 1 aliphatic heterocycles. The highest BCUT2D eigenvalue weighted by Crippen LogP contribution is 2.23. The summed E-state index contributed by atoms with van der Waals surface area (Å²) in [5.41, 5.74) is 1.75. The second-order valence-corrected chi connectivity index (χ2v) is 7.21. The molecule has 1 aliphatic carbocycles. The average molecular weight is 380 g/mol. The molecule has 0 atom stereocenters. The lowest BCUT2D eigenvalue weighted by molar-refractivity contribution is -0.126. The van der Waals surface area contributed by atoms with Crippen molar-refractivity contribution in [1.82, 2.24) is 10.3 Å². The molecule has 0 radical (unpaired) electrons. The first-order chi connectivity index (χ1) is 13.5. The Balaban J connectivity index is 1.79. The fourth-order valence-electron chi connectivity index (χ4n) is 3.47. The number of benzene rings is 1. The van der Waals surface area contributed by atoms with Crippen LogP contribution in [0.5, 0.6) is 5.75 Å². The number of nitrogens with two attached hydrogens (primary N) is 1. The van der Waals surface area contributed by atoms with Crippen molar-refractivity contribution in [2.75, 3.05) is 0 Å².